The summed E-state index contributed by atoms with van der Waals surface area (Å²) >= 11 is 6.29. The van der Waals surface area contributed by atoms with Gasteiger partial charge in [0.15, 0.2) is 6.61 Å². The molecule has 0 spiro atoms. The van der Waals surface area contributed by atoms with Gasteiger partial charge in [-0.25, -0.2) is 13.2 Å². The molecule has 34 heavy (non-hydrogen) atoms. The maximum atomic E-state index is 13.0. The summed E-state index contributed by atoms with van der Waals surface area (Å²) in [6.07, 6.45) is 1.71. The number of hydrogen-bond acceptors (Lipinski definition) is 7. The summed E-state index contributed by atoms with van der Waals surface area (Å²) in [6.45, 7) is 0.563. The fourth-order valence-electron chi connectivity index (χ4n) is 3.96. The van der Waals surface area contributed by atoms with Crippen molar-refractivity contribution in [1.82, 2.24) is 4.31 Å². The average Bonchev–Trinajstić information content (AvgIpc) is 2.87. The molecule has 2 aromatic rings. The summed E-state index contributed by atoms with van der Waals surface area (Å²) in [5.41, 5.74) is 0.505. The van der Waals surface area contributed by atoms with Crippen LogP contribution in [0.3, 0.4) is 0 Å². The van der Waals surface area contributed by atoms with Gasteiger partial charge in [-0.2, -0.15) is 4.31 Å². The molecule has 0 bridgehead atoms. The van der Waals surface area contributed by atoms with Gasteiger partial charge in [-0.05, 0) is 43.2 Å². The molecule has 0 aromatic heterocycles. The molecule has 2 aliphatic heterocycles. The molecule has 2 aliphatic rings. The van der Waals surface area contributed by atoms with Gasteiger partial charge in [-0.1, -0.05) is 30.2 Å². The van der Waals surface area contributed by atoms with E-state index in [4.69, 9.17) is 25.8 Å². The molecule has 1 fully saturated rings. The second kappa shape index (κ2) is 10.2. The Morgan fingerprint density at radius 1 is 1.12 bits per heavy atom. The maximum Gasteiger partial charge on any atom is 0.348 e. The van der Waals surface area contributed by atoms with Crippen molar-refractivity contribution in [3.63, 3.8) is 0 Å². The van der Waals surface area contributed by atoms with Crippen LogP contribution in [0.4, 0.5) is 5.69 Å². The number of esters is 1. The zero-order valence-electron chi connectivity index (χ0n) is 18.6. The van der Waals surface area contributed by atoms with Gasteiger partial charge in [0.2, 0.25) is 16.1 Å². The van der Waals surface area contributed by atoms with E-state index in [1.807, 2.05) is 0 Å². The fraction of sp³-hybridized carbons (Fsp3) is 0.391. The number of halogens is 1. The lowest BCUT2D eigenvalue weighted by molar-refractivity contribution is -0.148. The lowest BCUT2D eigenvalue weighted by Gasteiger charge is -2.33. The second-order valence-corrected chi connectivity index (χ2v) is 10.3. The van der Waals surface area contributed by atoms with Gasteiger partial charge in [0, 0.05) is 13.1 Å². The lowest BCUT2D eigenvalue weighted by Crippen LogP contribution is -2.48. The molecule has 0 aliphatic carbocycles. The third-order valence-electron chi connectivity index (χ3n) is 5.75. The monoisotopic (exact) mass is 508 g/mol. The third-order valence-corrected chi connectivity index (χ3v) is 7.94. The molecule has 2 heterocycles. The van der Waals surface area contributed by atoms with Crippen molar-refractivity contribution in [3.05, 3.63) is 47.5 Å². The predicted octanol–water partition coefficient (Wildman–Crippen LogP) is 2.86. The Labute approximate surface area is 203 Å². The molecule has 0 saturated carbocycles. The van der Waals surface area contributed by atoms with E-state index in [1.165, 1.54) is 34.5 Å². The molecule has 0 N–H and O–H groups in total. The van der Waals surface area contributed by atoms with Gasteiger partial charge in [0.05, 0.1) is 29.3 Å². The van der Waals surface area contributed by atoms with E-state index in [2.05, 4.69) is 0 Å². The first-order valence-corrected chi connectivity index (χ1v) is 12.7. The zero-order valence-corrected chi connectivity index (χ0v) is 20.2. The van der Waals surface area contributed by atoms with Gasteiger partial charge < -0.3 is 19.1 Å². The molecule has 1 amide bonds. The van der Waals surface area contributed by atoms with Crippen molar-refractivity contribution in [2.24, 2.45) is 0 Å². The average molecular weight is 509 g/mol. The van der Waals surface area contributed by atoms with Crippen LogP contribution in [-0.2, 0) is 24.3 Å². The maximum absolute atomic E-state index is 13.0. The number of benzene rings is 2. The molecule has 11 heteroatoms. The number of para-hydroxylation sites is 2. The van der Waals surface area contributed by atoms with Crippen molar-refractivity contribution in [3.8, 4) is 11.5 Å². The van der Waals surface area contributed by atoms with Gasteiger partial charge in [-0.3, -0.25) is 4.79 Å². The summed E-state index contributed by atoms with van der Waals surface area (Å²) in [4.78, 5) is 26.5. The van der Waals surface area contributed by atoms with Crippen molar-refractivity contribution in [2.75, 3.05) is 38.3 Å². The van der Waals surface area contributed by atoms with Crippen molar-refractivity contribution in [1.29, 1.82) is 0 Å². The van der Waals surface area contributed by atoms with Crippen LogP contribution in [0.15, 0.2) is 47.4 Å². The Morgan fingerprint density at radius 3 is 2.56 bits per heavy atom. The van der Waals surface area contributed by atoms with Crippen molar-refractivity contribution < 1.29 is 32.2 Å². The molecule has 0 radical (unpaired) electrons. The van der Waals surface area contributed by atoms with Gasteiger partial charge in [0.1, 0.15) is 11.5 Å². The highest BCUT2D eigenvalue weighted by Crippen LogP contribution is 2.34. The van der Waals surface area contributed by atoms with E-state index < -0.39 is 28.0 Å². The number of nitrogens with zero attached hydrogens (tertiary/aromatic N) is 2. The van der Waals surface area contributed by atoms with Crippen molar-refractivity contribution >= 4 is 39.2 Å². The van der Waals surface area contributed by atoms with Crippen LogP contribution >= 0.6 is 11.6 Å². The Bertz CT molecular complexity index is 1180. The molecule has 4 rings (SSSR count). The molecule has 9 nitrogen and oxygen atoms in total. The summed E-state index contributed by atoms with van der Waals surface area (Å²) in [5, 5.41) is 0.0840. The number of carbonyl (C=O) groups excluding carboxylic acids is 2. The van der Waals surface area contributed by atoms with Gasteiger partial charge in [0.25, 0.3) is 5.91 Å². The van der Waals surface area contributed by atoms with E-state index in [-0.39, 0.29) is 28.8 Å². The quantitative estimate of drug-likeness (QED) is 0.553. The summed E-state index contributed by atoms with van der Waals surface area (Å²) in [5.74, 6) is -0.464. The Morgan fingerprint density at radius 2 is 1.85 bits per heavy atom. The van der Waals surface area contributed by atoms with Crippen LogP contribution in [0.25, 0.3) is 0 Å². The van der Waals surface area contributed by atoms with Crippen LogP contribution in [0.1, 0.15) is 19.3 Å². The van der Waals surface area contributed by atoms with Crippen LogP contribution in [0.2, 0.25) is 5.02 Å². The third kappa shape index (κ3) is 4.98. The predicted molar refractivity (Wildman–Crippen MR) is 125 cm³/mol. The molecular weight excluding hydrogens is 484 g/mol. The number of piperidine rings is 1. The number of ether oxygens (including phenoxy) is 3. The topological polar surface area (TPSA) is 102 Å². The van der Waals surface area contributed by atoms with E-state index in [9.17, 15) is 18.0 Å². The molecule has 1 atom stereocenters. The Balaban J connectivity index is 1.47. The first-order valence-electron chi connectivity index (χ1n) is 10.9. The summed E-state index contributed by atoms with van der Waals surface area (Å²) in [6, 6.07) is 11.0. The fourth-order valence-corrected chi connectivity index (χ4v) is 5.80. The number of sulfonamides is 1. The van der Waals surface area contributed by atoms with E-state index in [0.717, 1.165) is 19.3 Å². The molecule has 1 unspecified atom stereocenters. The normalized spacial score (nSPS) is 18.5. The van der Waals surface area contributed by atoms with Crippen LogP contribution < -0.4 is 14.4 Å². The zero-order chi connectivity index (χ0) is 24.3. The van der Waals surface area contributed by atoms with Crippen molar-refractivity contribution in [2.45, 2.75) is 30.3 Å². The smallest absolute Gasteiger partial charge is 0.348 e. The number of carbonyl (C=O) groups is 2. The number of fused-ring (bicyclic) bond motifs is 1. The second-order valence-electron chi connectivity index (χ2n) is 7.95. The number of hydrogen-bond donors (Lipinski definition) is 0. The Hall–Kier alpha value is -2.82. The summed E-state index contributed by atoms with van der Waals surface area (Å²) in [7, 11) is -2.39. The van der Waals surface area contributed by atoms with Crippen LogP contribution in [0, 0.1) is 0 Å². The minimum absolute atomic E-state index is 0.0351. The van der Waals surface area contributed by atoms with Crippen LogP contribution in [0.5, 0.6) is 11.5 Å². The summed E-state index contributed by atoms with van der Waals surface area (Å²) < 4.78 is 43.2. The highest BCUT2D eigenvalue weighted by molar-refractivity contribution is 7.89. The SMILES string of the molecule is COC(=O)C1CN(C(=O)COc2ccc(S(=O)(=O)N3CCCCC3)cc2Cl)c2ccccc2O1. The van der Waals surface area contributed by atoms with Gasteiger partial charge in [-0.15, -0.1) is 0 Å². The highest BCUT2D eigenvalue weighted by atomic mass is 35.5. The highest BCUT2D eigenvalue weighted by Gasteiger charge is 2.34. The largest absolute Gasteiger partial charge is 0.482 e. The molecule has 2 aromatic carbocycles. The lowest BCUT2D eigenvalue weighted by atomic mass is 10.2. The first kappa shape index (κ1) is 24.3. The van der Waals surface area contributed by atoms with E-state index >= 15 is 0 Å². The van der Waals surface area contributed by atoms with E-state index in [0.29, 0.717) is 24.5 Å². The first-order chi connectivity index (χ1) is 16.3. The minimum Gasteiger partial charge on any atom is -0.482 e. The van der Waals surface area contributed by atoms with E-state index in [1.54, 1.807) is 24.3 Å². The standard InChI is InChI=1S/C23H25ClN2O7S/c1-31-23(28)21-14-26(18-7-3-4-8-20(18)33-21)22(27)15-32-19-10-9-16(13-17(19)24)34(29,30)25-11-5-2-6-12-25/h3-4,7-10,13,21H,2,5-6,11-12,14-15H2,1H3. The van der Waals surface area contributed by atoms with Crippen LogP contribution in [-0.4, -0.2) is 64.1 Å². The minimum atomic E-state index is -3.64. The molecule has 182 valence electrons. The van der Waals surface area contributed by atoms with Gasteiger partial charge >= 0.3 is 5.97 Å². The number of methoxy groups -OCH3 is 1. The Kier molecular flexibility index (Phi) is 7.30. The number of anilines is 1. The number of rotatable bonds is 6. The molecular formula is C23H25ClN2O7S. The molecule has 1 saturated heterocycles. The number of amides is 1.